The smallest absolute Gasteiger partial charge is 0.416 e. The van der Waals surface area contributed by atoms with Crippen molar-refractivity contribution in [3.8, 4) is 0 Å². The number of carbonyl (C=O) groups is 2. The van der Waals surface area contributed by atoms with Gasteiger partial charge >= 0.3 is 6.09 Å². The standard InChI is InChI=1S/C12H17NO3/c1-8-4-3-5-9(2)10(8)11(14)13-6-7-16-12(13)15/h3-4,8-10H,5-7H2,1-2H3/t8-,9-,10-/m1/s1. The van der Waals surface area contributed by atoms with Gasteiger partial charge in [-0.1, -0.05) is 26.0 Å². The molecule has 1 aliphatic carbocycles. The van der Waals surface area contributed by atoms with Crippen molar-refractivity contribution >= 4 is 12.0 Å². The van der Waals surface area contributed by atoms with Crippen molar-refractivity contribution in [1.29, 1.82) is 0 Å². The van der Waals surface area contributed by atoms with E-state index in [2.05, 4.69) is 19.1 Å². The van der Waals surface area contributed by atoms with Crippen molar-refractivity contribution in [2.45, 2.75) is 20.3 Å². The molecule has 0 aromatic rings. The molecular weight excluding hydrogens is 206 g/mol. The molecule has 0 unspecified atom stereocenters. The van der Waals surface area contributed by atoms with Crippen LogP contribution in [0.2, 0.25) is 0 Å². The first-order chi connectivity index (χ1) is 7.61. The third kappa shape index (κ3) is 1.84. The van der Waals surface area contributed by atoms with Crippen LogP contribution in [0.1, 0.15) is 20.3 Å². The van der Waals surface area contributed by atoms with Gasteiger partial charge in [-0.25, -0.2) is 9.69 Å². The summed E-state index contributed by atoms with van der Waals surface area (Å²) in [5.41, 5.74) is 0. The minimum atomic E-state index is -0.487. The summed E-state index contributed by atoms with van der Waals surface area (Å²) in [6, 6.07) is 0. The number of rotatable bonds is 1. The molecule has 2 rings (SSSR count). The largest absolute Gasteiger partial charge is 0.447 e. The Morgan fingerprint density at radius 3 is 2.81 bits per heavy atom. The maximum absolute atomic E-state index is 12.2. The number of ether oxygens (including phenoxy) is 1. The third-order valence-electron chi connectivity index (χ3n) is 3.44. The van der Waals surface area contributed by atoms with Gasteiger partial charge < -0.3 is 4.74 Å². The second-order valence-corrected chi connectivity index (χ2v) is 4.63. The van der Waals surface area contributed by atoms with Gasteiger partial charge in [0.2, 0.25) is 5.91 Å². The van der Waals surface area contributed by atoms with E-state index in [4.69, 9.17) is 4.74 Å². The minimum absolute atomic E-state index is 0.0770. The molecule has 0 saturated carbocycles. The SMILES string of the molecule is C[C@@H]1C=CC[C@@H](C)[C@@H]1C(=O)N1CCOC1=O. The molecular formula is C12H17NO3. The summed E-state index contributed by atoms with van der Waals surface area (Å²) in [6.45, 7) is 4.81. The highest BCUT2D eigenvalue weighted by Gasteiger charge is 2.38. The number of cyclic esters (lactones) is 1. The van der Waals surface area contributed by atoms with Crippen LogP contribution in [0.15, 0.2) is 12.2 Å². The van der Waals surface area contributed by atoms with Gasteiger partial charge in [-0.2, -0.15) is 0 Å². The average molecular weight is 223 g/mol. The summed E-state index contributed by atoms with van der Waals surface area (Å²) in [5, 5.41) is 0. The molecule has 0 N–H and O–H groups in total. The third-order valence-corrected chi connectivity index (χ3v) is 3.44. The lowest BCUT2D eigenvalue weighted by Gasteiger charge is -2.31. The summed E-state index contributed by atoms with van der Waals surface area (Å²) in [7, 11) is 0. The van der Waals surface area contributed by atoms with Crippen LogP contribution in [-0.2, 0) is 9.53 Å². The minimum Gasteiger partial charge on any atom is -0.447 e. The molecule has 0 aromatic heterocycles. The molecule has 1 saturated heterocycles. The van der Waals surface area contributed by atoms with Crippen LogP contribution in [0.3, 0.4) is 0 Å². The van der Waals surface area contributed by atoms with Crippen molar-refractivity contribution in [3.63, 3.8) is 0 Å². The van der Waals surface area contributed by atoms with E-state index in [1.807, 2.05) is 6.92 Å². The molecule has 0 spiro atoms. The van der Waals surface area contributed by atoms with Gasteiger partial charge in [-0.3, -0.25) is 4.79 Å². The molecule has 2 amide bonds. The summed E-state index contributed by atoms with van der Waals surface area (Å²) < 4.78 is 4.80. The summed E-state index contributed by atoms with van der Waals surface area (Å²) in [4.78, 5) is 24.8. The van der Waals surface area contributed by atoms with Gasteiger partial charge in [0.1, 0.15) is 6.61 Å². The van der Waals surface area contributed by atoms with E-state index in [-0.39, 0.29) is 17.7 Å². The van der Waals surface area contributed by atoms with E-state index >= 15 is 0 Å². The second-order valence-electron chi connectivity index (χ2n) is 4.63. The number of amides is 2. The lowest BCUT2D eigenvalue weighted by Crippen LogP contribution is -2.42. The molecule has 16 heavy (non-hydrogen) atoms. The van der Waals surface area contributed by atoms with Crippen molar-refractivity contribution in [2.24, 2.45) is 17.8 Å². The van der Waals surface area contributed by atoms with E-state index in [0.717, 1.165) is 6.42 Å². The number of carbonyl (C=O) groups excluding carboxylic acids is 2. The lowest BCUT2D eigenvalue weighted by atomic mass is 9.77. The predicted molar refractivity (Wildman–Crippen MR) is 58.6 cm³/mol. The first-order valence-electron chi connectivity index (χ1n) is 5.76. The van der Waals surface area contributed by atoms with Crippen molar-refractivity contribution in [2.75, 3.05) is 13.2 Å². The fraction of sp³-hybridized carbons (Fsp3) is 0.667. The van der Waals surface area contributed by atoms with Gasteiger partial charge in [0.25, 0.3) is 0 Å². The fourth-order valence-corrected chi connectivity index (χ4v) is 2.53. The molecule has 1 fully saturated rings. The van der Waals surface area contributed by atoms with Crippen molar-refractivity contribution < 1.29 is 14.3 Å². The quantitative estimate of drug-likeness (QED) is 0.637. The molecule has 88 valence electrons. The summed E-state index contributed by atoms with van der Waals surface area (Å²) in [6.07, 6.45) is 4.59. The maximum Gasteiger partial charge on any atom is 0.416 e. The number of allylic oxidation sites excluding steroid dienone is 2. The highest BCUT2D eigenvalue weighted by molar-refractivity contribution is 5.94. The van der Waals surface area contributed by atoms with E-state index in [0.29, 0.717) is 19.1 Å². The first-order valence-corrected chi connectivity index (χ1v) is 5.76. The van der Waals surface area contributed by atoms with Gasteiger partial charge in [0, 0.05) is 5.92 Å². The van der Waals surface area contributed by atoms with Gasteiger partial charge in [-0.15, -0.1) is 0 Å². The van der Waals surface area contributed by atoms with Crippen LogP contribution in [0.25, 0.3) is 0 Å². The number of nitrogens with zero attached hydrogens (tertiary/aromatic N) is 1. The zero-order valence-electron chi connectivity index (χ0n) is 9.68. The first kappa shape index (κ1) is 11.2. The zero-order valence-corrected chi connectivity index (χ0v) is 9.68. The monoisotopic (exact) mass is 223 g/mol. The van der Waals surface area contributed by atoms with E-state index in [9.17, 15) is 9.59 Å². The summed E-state index contributed by atoms with van der Waals surface area (Å²) in [5.74, 6) is 0.327. The van der Waals surface area contributed by atoms with Crippen LogP contribution in [-0.4, -0.2) is 30.1 Å². The molecule has 0 radical (unpaired) electrons. The maximum atomic E-state index is 12.2. The Balaban J connectivity index is 2.14. The molecule has 4 nitrogen and oxygen atoms in total. The Morgan fingerprint density at radius 2 is 2.25 bits per heavy atom. The Kier molecular flexibility index (Phi) is 2.99. The molecule has 0 aromatic carbocycles. The average Bonchev–Trinajstić information content (AvgIpc) is 2.64. The Bertz CT molecular complexity index is 337. The van der Waals surface area contributed by atoms with Crippen LogP contribution >= 0.6 is 0 Å². The van der Waals surface area contributed by atoms with Gasteiger partial charge in [-0.05, 0) is 18.3 Å². The zero-order chi connectivity index (χ0) is 11.7. The summed E-state index contributed by atoms with van der Waals surface area (Å²) >= 11 is 0. The number of hydrogen-bond acceptors (Lipinski definition) is 3. The second kappa shape index (κ2) is 4.28. The molecule has 3 atom stereocenters. The highest BCUT2D eigenvalue weighted by atomic mass is 16.6. The molecule has 2 aliphatic rings. The van der Waals surface area contributed by atoms with Crippen molar-refractivity contribution in [3.05, 3.63) is 12.2 Å². The van der Waals surface area contributed by atoms with E-state index in [1.165, 1.54) is 4.90 Å². The number of hydrogen-bond donors (Lipinski definition) is 0. The predicted octanol–water partition coefficient (Wildman–Crippen LogP) is 1.81. The van der Waals surface area contributed by atoms with Crippen LogP contribution in [0.4, 0.5) is 4.79 Å². The Morgan fingerprint density at radius 1 is 1.50 bits per heavy atom. The fourth-order valence-electron chi connectivity index (χ4n) is 2.53. The molecule has 1 heterocycles. The van der Waals surface area contributed by atoms with Crippen molar-refractivity contribution in [1.82, 2.24) is 4.90 Å². The van der Waals surface area contributed by atoms with E-state index < -0.39 is 6.09 Å². The Hall–Kier alpha value is -1.32. The lowest BCUT2D eigenvalue weighted by molar-refractivity contribution is -0.135. The van der Waals surface area contributed by atoms with Crippen LogP contribution in [0, 0.1) is 17.8 Å². The molecule has 1 aliphatic heterocycles. The number of imide groups is 1. The topological polar surface area (TPSA) is 46.6 Å². The normalized spacial score (nSPS) is 34.0. The molecule has 4 heteroatoms. The molecule has 0 bridgehead atoms. The Labute approximate surface area is 95.2 Å². The van der Waals surface area contributed by atoms with Crippen LogP contribution in [0.5, 0.6) is 0 Å². The highest BCUT2D eigenvalue weighted by Crippen LogP contribution is 2.32. The van der Waals surface area contributed by atoms with Gasteiger partial charge in [0.05, 0.1) is 6.54 Å². The van der Waals surface area contributed by atoms with E-state index in [1.54, 1.807) is 0 Å². The van der Waals surface area contributed by atoms with Gasteiger partial charge in [0.15, 0.2) is 0 Å². The van der Waals surface area contributed by atoms with Crippen LogP contribution < -0.4 is 0 Å².